The molecule has 0 bridgehead atoms. The van der Waals surface area contributed by atoms with Gasteiger partial charge in [-0.2, -0.15) is 0 Å². The average Bonchev–Trinajstić information content (AvgIpc) is 2.30. The zero-order valence-electron chi connectivity index (χ0n) is 11.8. The third-order valence-electron chi connectivity index (χ3n) is 3.58. The van der Waals surface area contributed by atoms with Crippen molar-refractivity contribution in [1.29, 1.82) is 0 Å². The highest BCUT2D eigenvalue weighted by atomic mass is 16.5. The van der Waals surface area contributed by atoms with Gasteiger partial charge >= 0.3 is 0 Å². The van der Waals surface area contributed by atoms with Gasteiger partial charge in [-0.15, -0.1) is 0 Å². The Morgan fingerprint density at radius 2 is 1.82 bits per heavy atom. The topological polar surface area (TPSA) is 35.9 Å². The Hall–Kier alpha value is -0.160. The Balaban J connectivity index is 2.18. The molecule has 0 aromatic carbocycles. The first-order chi connectivity index (χ1) is 7.93. The van der Waals surface area contributed by atoms with Crippen LogP contribution in [0.15, 0.2) is 0 Å². The fourth-order valence-electron chi connectivity index (χ4n) is 1.81. The van der Waals surface area contributed by atoms with Crippen molar-refractivity contribution in [2.75, 3.05) is 46.4 Å². The molecule has 0 aromatic heterocycles. The summed E-state index contributed by atoms with van der Waals surface area (Å²) in [6, 6.07) is 0. The summed E-state index contributed by atoms with van der Waals surface area (Å²) in [5, 5.41) is 9.95. The van der Waals surface area contributed by atoms with Crippen LogP contribution in [-0.4, -0.2) is 73.0 Å². The van der Waals surface area contributed by atoms with Crippen molar-refractivity contribution < 1.29 is 9.84 Å². The smallest absolute Gasteiger partial charge is 0.0900 e. The Morgan fingerprint density at radius 1 is 1.24 bits per heavy atom. The summed E-state index contributed by atoms with van der Waals surface area (Å²) in [5.41, 5.74) is -0.122. The molecule has 1 atom stereocenters. The molecule has 0 radical (unpaired) electrons. The van der Waals surface area contributed by atoms with Crippen LogP contribution in [0.25, 0.3) is 0 Å². The molecule has 1 aliphatic rings. The van der Waals surface area contributed by atoms with E-state index in [2.05, 4.69) is 37.6 Å². The molecule has 1 rings (SSSR count). The van der Waals surface area contributed by atoms with Gasteiger partial charge in [0, 0.05) is 32.7 Å². The largest absolute Gasteiger partial charge is 0.389 e. The van der Waals surface area contributed by atoms with Crippen LogP contribution < -0.4 is 0 Å². The molecular weight excluding hydrogens is 216 g/mol. The van der Waals surface area contributed by atoms with Crippen LogP contribution in [0, 0.1) is 0 Å². The molecule has 0 aliphatic carbocycles. The monoisotopic (exact) mass is 244 g/mol. The Morgan fingerprint density at radius 3 is 2.35 bits per heavy atom. The number of aliphatic hydroxyl groups excluding tert-OH is 1. The summed E-state index contributed by atoms with van der Waals surface area (Å²) in [5.74, 6) is 0. The highest BCUT2D eigenvalue weighted by molar-refractivity contribution is 4.73. The van der Waals surface area contributed by atoms with E-state index in [9.17, 15) is 5.11 Å². The maximum absolute atomic E-state index is 9.95. The van der Waals surface area contributed by atoms with E-state index in [4.69, 9.17) is 4.74 Å². The number of likely N-dealkylation sites (N-methyl/N-ethyl adjacent to an activating group) is 1. The SMILES string of the molecule is CCC(C)(C)OCC(O)CN1CCN(C)CC1. The van der Waals surface area contributed by atoms with Gasteiger partial charge < -0.3 is 14.7 Å². The molecule has 1 fully saturated rings. The van der Waals surface area contributed by atoms with Crippen molar-refractivity contribution >= 4 is 0 Å². The summed E-state index contributed by atoms with van der Waals surface area (Å²) < 4.78 is 5.72. The molecule has 1 N–H and O–H groups in total. The lowest BCUT2D eigenvalue weighted by Gasteiger charge is -2.34. The van der Waals surface area contributed by atoms with E-state index in [-0.39, 0.29) is 11.7 Å². The second-order valence-electron chi connectivity index (χ2n) is 5.68. The second-order valence-corrected chi connectivity index (χ2v) is 5.68. The number of piperazine rings is 1. The number of β-amino-alcohol motifs (C(OH)–C–C–N with tert-alkyl or cyclic N) is 1. The van der Waals surface area contributed by atoms with Crippen LogP contribution in [0.5, 0.6) is 0 Å². The maximum atomic E-state index is 9.95. The molecule has 4 heteroatoms. The molecule has 4 nitrogen and oxygen atoms in total. The summed E-state index contributed by atoms with van der Waals surface area (Å²) >= 11 is 0. The molecular formula is C13H28N2O2. The van der Waals surface area contributed by atoms with Crippen molar-refractivity contribution in [3.8, 4) is 0 Å². The third-order valence-corrected chi connectivity index (χ3v) is 3.58. The van der Waals surface area contributed by atoms with Gasteiger partial charge in [0.1, 0.15) is 0 Å². The number of rotatable bonds is 6. The first kappa shape index (κ1) is 14.9. The molecule has 1 aliphatic heterocycles. The van der Waals surface area contributed by atoms with Crippen LogP contribution in [0.3, 0.4) is 0 Å². The fraction of sp³-hybridized carbons (Fsp3) is 1.00. The summed E-state index contributed by atoms with van der Waals surface area (Å²) in [6.07, 6.45) is 0.595. The standard InChI is InChI=1S/C13H28N2O2/c1-5-13(2,3)17-11-12(16)10-15-8-6-14(4)7-9-15/h12,16H,5-11H2,1-4H3. The van der Waals surface area contributed by atoms with Crippen molar-refractivity contribution in [3.05, 3.63) is 0 Å². The van der Waals surface area contributed by atoms with Gasteiger partial charge in [-0.3, -0.25) is 4.90 Å². The maximum Gasteiger partial charge on any atom is 0.0900 e. The van der Waals surface area contributed by atoms with Crippen LogP contribution >= 0.6 is 0 Å². The number of hydrogen-bond donors (Lipinski definition) is 1. The molecule has 0 saturated carbocycles. The van der Waals surface area contributed by atoms with Gasteiger partial charge in [-0.05, 0) is 27.3 Å². The molecule has 0 aromatic rings. The van der Waals surface area contributed by atoms with Crippen LogP contribution in [0.1, 0.15) is 27.2 Å². The minimum atomic E-state index is -0.371. The van der Waals surface area contributed by atoms with Gasteiger partial charge in [0.25, 0.3) is 0 Å². The first-order valence-electron chi connectivity index (χ1n) is 6.66. The molecule has 17 heavy (non-hydrogen) atoms. The highest BCUT2D eigenvalue weighted by Crippen LogP contribution is 2.14. The fourth-order valence-corrected chi connectivity index (χ4v) is 1.81. The molecule has 1 saturated heterocycles. The first-order valence-corrected chi connectivity index (χ1v) is 6.66. The zero-order valence-corrected chi connectivity index (χ0v) is 11.8. The summed E-state index contributed by atoms with van der Waals surface area (Å²) in [7, 11) is 2.14. The number of ether oxygens (including phenoxy) is 1. The molecule has 0 amide bonds. The number of hydrogen-bond acceptors (Lipinski definition) is 4. The Bertz CT molecular complexity index is 213. The molecule has 0 spiro atoms. The Labute approximate surface area is 106 Å². The van der Waals surface area contributed by atoms with E-state index in [1.165, 1.54) is 0 Å². The zero-order chi connectivity index (χ0) is 12.9. The molecule has 1 unspecified atom stereocenters. The molecule has 1 heterocycles. The Kier molecular flexibility index (Phi) is 5.86. The van der Waals surface area contributed by atoms with E-state index in [1.807, 2.05) is 0 Å². The quantitative estimate of drug-likeness (QED) is 0.750. The lowest BCUT2D eigenvalue weighted by atomic mass is 10.1. The normalized spacial score (nSPS) is 21.7. The predicted octanol–water partition coefficient (Wildman–Crippen LogP) is 0.800. The molecule has 102 valence electrons. The van der Waals surface area contributed by atoms with Gasteiger partial charge in [0.15, 0.2) is 0 Å². The second kappa shape index (κ2) is 6.69. The van der Waals surface area contributed by atoms with Crippen LogP contribution in [-0.2, 0) is 4.74 Å². The van der Waals surface area contributed by atoms with Gasteiger partial charge in [0.05, 0.1) is 18.3 Å². The van der Waals surface area contributed by atoms with Gasteiger partial charge in [0.2, 0.25) is 0 Å². The van der Waals surface area contributed by atoms with Crippen LogP contribution in [0.4, 0.5) is 0 Å². The summed E-state index contributed by atoms with van der Waals surface area (Å²) in [4.78, 5) is 4.63. The van der Waals surface area contributed by atoms with Crippen molar-refractivity contribution in [2.45, 2.75) is 38.9 Å². The predicted molar refractivity (Wildman–Crippen MR) is 70.3 cm³/mol. The van der Waals surface area contributed by atoms with Crippen molar-refractivity contribution in [2.24, 2.45) is 0 Å². The lowest BCUT2D eigenvalue weighted by molar-refractivity contribution is -0.0689. The average molecular weight is 244 g/mol. The van der Waals surface area contributed by atoms with E-state index in [0.717, 1.165) is 39.1 Å². The van der Waals surface area contributed by atoms with Crippen molar-refractivity contribution in [1.82, 2.24) is 9.80 Å². The van der Waals surface area contributed by atoms with E-state index in [0.29, 0.717) is 6.61 Å². The van der Waals surface area contributed by atoms with Crippen molar-refractivity contribution in [3.63, 3.8) is 0 Å². The lowest BCUT2D eigenvalue weighted by Crippen LogP contribution is -2.48. The van der Waals surface area contributed by atoms with Gasteiger partial charge in [-0.1, -0.05) is 6.92 Å². The summed E-state index contributed by atoms with van der Waals surface area (Å²) in [6.45, 7) is 11.7. The van der Waals surface area contributed by atoms with E-state index >= 15 is 0 Å². The number of aliphatic hydroxyl groups is 1. The number of nitrogens with zero attached hydrogens (tertiary/aromatic N) is 2. The van der Waals surface area contributed by atoms with E-state index < -0.39 is 0 Å². The van der Waals surface area contributed by atoms with E-state index in [1.54, 1.807) is 0 Å². The minimum absolute atomic E-state index is 0.122. The highest BCUT2D eigenvalue weighted by Gasteiger charge is 2.20. The van der Waals surface area contributed by atoms with Gasteiger partial charge in [-0.25, -0.2) is 0 Å². The van der Waals surface area contributed by atoms with Crippen LogP contribution in [0.2, 0.25) is 0 Å². The minimum Gasteiger partial charge on any atom is -0.389 e. The third kappa shape index (κ3) is 5.82.